The number of nitrogens with zero attached hydrogens (tertiary/aromatic N) is 5. The number of alkyl halides is 2. The third-order valence-corrected chi connectivity index (χ3v) is 7.43. The van der Waals surface area contributed by atoms with Crippen LogP contribution in [0.25, 0.3) is 33.4 Å². The third kappa shape index (κ3) is 4.14. The highest BCUT2D eigenvalue weighted by Crippen LogP contribution is 2.47. The van der Waals surface area contributed by atoms with Crippen molar-refractivity contribution in [3.8, 4) is 34.0 Å². The number of anilines is 2. The molecule has 40 heavy (non-hydrogen) atoms. The lowest BCUT2D eigenvalue weighted by Crippen LogP contribution is -2.25. The van der Waals surface area contributed by atoms with Crippen LogP contribution in [0.5, 0.6) is 11.5 Å². The van der Waals surface area contributed by atoms with E-state index in [0.29, 0.717) is 57.0 Å². The number of pyridine rings is 1. The zero-order valence-electron chi connectivity index (χ0n) is 22.7. The number of hydrogen-bond acceptors (Lipinski definition) is 6. The Hall–Kier alpha value is -4.47. The second-order valence-corrected chi connectivity index (χ2v) is 11.2. The number of hydrogen-bond donors (Lipinski definition) is 3. The van der Waals surface area contributed by atoms with E-state index in [1.54, 1.807) is 48.4 Å². The molecule has 3 aromatic heterocycles. The van der Waals surface area contributed by atoms with Gasteiger partial charge in [0.15, 0.2) is 11.5 Å². The summed E-state index contributed by atoms with van der Waals surface area (Å²) in [5.74, 6) is -0.482. The van der Waals surface area contributed by atoms with Crippen molar-refractivity contribution in [2.75, 3.05) is 11.4 Å². The van der Waals surface area contributed by atoms with Crippen LogP contribution in [-0.2, 0) is 18.9 Å². The summed E-state index contributed by atoms with van der Waals surface area (Å²) < 4.78 is 30.9. The Morgan fingerprint density at radius 3 is 2.52 bits per heavy atom. The van der Waals surface area contributed by atoms with Crippen LogP contribution in [0.4, 0.5) is 20.2 Å². The van der Waals surface area contributed by atoms with Gasteiger partial charge in [-0.2, -0.15) is 10.2 Å². The Morgan fingerprint density at radius 2 is 1.82 bits per heavy atom. The predicted molar refractivity (Wildman–Crippen MR) is 150 cm³/mol. The van der Waals surface area contributed by atoms with Gasteiger partial charge < -0.3 is 15.1 Å². The van der Waals surface area contributed by atoms with Gasteiger partial charge in [-0.3, -0.25) is 9.78 Å². The van der Waals surface area contributed by atoms with E-state index in [1.165, 1.54) is 0 Å². The van der Waals surface area contributed by atoms with Gasteiger partial charge in [0.2, 0.25) is 0 Å². The number of H-pyrrole nitrogens is 1. The van der Waals surface area contributed by atoms with Gasteiger partial charge in [-0.05, 0) is 54.3 Å². The van der Waals surface area contributed by atoms with Crippen molar-refractivity contribution in [3.05, 3.63) is 65.6 Å². The summed E-state index contributed by atoms with van der Waals surface area (Å²) in [4.78, 5) is 6.78. The number of rotatable bonds is 4. The molecule has 1 aliphatic rings. The molecule has 0 spiro atoms. The van der Waals surface area contributed by atoms with Gasteiger partial charge in [-0.1, -0.05) is 26.8 Å². The van der Waals surface area contributed by atoms with Gasteiger partial charge in [0.1, 0.15) is 11.4 Å². The standard InChI is InChI=1S/C30H30F2N6O2/c1-30(2,3)28-27(40)26(39)17-8-5-9-22(25(17)34-28)38-11-6-7-16-13-18(19(29(31)32)14-23(16)38)20-15-33-35-24(20)21-10-12-37(4)36-21/h5,8-10,12-15,29,40H,6-7,11H2,1-4H3,(H,33,35)(H,34,39). The van der Waals surface area contributed by atoms with Crippen molar-refractivity contribution in [2.45, 2.75) is 45.5 Å². The van der Waals surface area contributed by atoms with E-state index in [-0.39, 0.29) is 17.1 Å². The van der Waals surface area contributed by atoms with Crippen molar-refractivity contribution in [2.24, 2.45) is 7.05 Å². The molecule has 0 fully saturated rings. The lowest BCUT2D eigenvalue weighted by Gasteiger charge is -2.33. The van der Waals surface area contributed by atoms with Gasteiger partial charge in [0, 0.05) is 53.6 Å². The minimum atomic E-state index is -2.73. The second-order valence-electron chi connectivity index (χ2n) is 11.2. The maximum absolute atomic E-state index is 14.6. The smallest absolute Gasteiger partial charge is 0.264 e. The van der Waals surface area contributed by atoms with Crippen LogP contribution in [0.2, 0.25) is 0 Å². The van der Waals surface area contributed by atoms with Gasteiger partial charge in [-0.25, -0.2) is 13.8 Å². The summed E-state index contributed by atoms with van der Waals surface area (Å²) in [5, 5.41) is 33.5. The molecular formula is C30H30F2N6O2. The lowest BCUT2D eigenvalue weighted by atomic mass is 9.89. The van der Waals surface area contributed by atoms with Crippen LogP contribution in [-0.4, -0.2) is 41.7 Å². The molecule has 0 saturated carbocycles. The summed E-state index contributed by atoms with van der Waals surface area (Å²) in [7, 11) is 1.79. The molecule has 4 heterocycles. The van der Waals surface area contributed by atoms with E-state index in [1.807, 2.05) is 37.8 Å². The van der Waals surface area contributed by atoms with Crippen molar-refractivity contribution < 1.29 is 19.0 Å². The minimum absolute atomic E-state index is 0.103. The molecule has 0 saturated heterocycles. The molecule has 6 rings (SSSR count). The van der Waals surface area contributed by atoms with Crippen LogP contribution < -0.4 is 4.90 Å². The van der Waals surface area contributed by atoms with Crippen LogP contribution in [0, 0.1) is 0 Å². The predicted octanol–water partition coefficient (Wildman–Crippen LogP) is 6.76. The molecule has 0 unspecified atom stereocenters. The monoisotopic (exact) mass is 544 g/mol. The highest BCUT2D eigenvalue weighted by atomic mass is 19.3. The summed E-state index contributed by atoms with van der Waals surface area (Å²) in [6.45, 7) is 6.31. The van der Waals surface area contributed by atoms with Crippen LogP contribution in [0.1, 0.15) is 50.4 Å². The number of halogens is 2. The highest BCUT2D eigenvalue weighted by molar-refractivity contribution is 5.98. The summed E-state index contributed by atoms with van der Waals surface area (Å²) >= 11 is 0. The van der Waals surface area contributed by atoms with E-state index < -0.39 is 11.8 Å². The molecule has 5 aromatic rings. The molecular weight excluding hydrogens is 514 g/mol. The second kappa shape index (κ2) is 9.32. The molecule has 0 bridgehead atoms. The molecule has 0 amide bonds. The van der Waals surface area contributed by atoms with Crippen LogP contribution >= 0.6 is 0 Å². The molecule has 2 aromatic carbocycles. The number of para-hydroxylation sites is 1. The number of benzene rings is 2. The van der Waals surface area contributed by atoms with Gasteiger partial charge in [0.05, 0.1) is 16.9 Å². The zero-order chi connectivity index (χ0) is 28.3. The number of aromatic nitrogens is 5. The number of aromatic amines is 1. The normalized spacial score (nSPS) is 13.8. The topological polar surface area (TPSA) is 103 Å². The number of aryl methyl sites for hydroxylation is 2. The molecule has 0 atom stereocenters. The Morgan fingerprint density at radius 1 is 1.02 bits per heavy atom. The number of fused-ring (bicyclic) bond motifs is 2. The van der Waals surface area contributed by atoms with E-state index >= 15 is 0 Å². The quantitative estimate of drug-likeness (QED) is 0.231. The van der Waals surface area contributed by atoms with E-state index in [4.69, 9.17) is 4.98 Å². The first-order valence-corrected chi connectivity index (χ1v) is 13.2. The molecule has 3 N–H and O–H groups in total. The third-order valence-electron chi connectivity index (χ3n) is 7.43. The Labute approximate surface area is 229 Å². The first-order valence-electron chi connectivity index (χ1n) is 13.2. The highest BCUT2D eigenvalue weighted by Gasteiger charge is 2.29. The van der Waals surface area contributed by atoms with E-state index in [0.717, 1.165) is 18.4 Å². The summed E-state index contributed by atoms with van der Waals surface area (Å²) in [5.41, 5.74) is 4.61. The average Bonchev–Trinajstić information content (AvgIpc) is 3.57. The van der Waals surface area contributed by atoms with E-state index in [9.17, 15) is 19.0 Å². The first-order chi connectivity index (χ1) is 19.0. The fourth-order valence-corrected chi connectivity index (χ4v) is 5.53. The fraction of sp³-hybridized carbons (Fsp3) is 0.300. The number of aromatic hydroxyl groups is 2. The maximum Gasteiger partial charge on any atom is 0.264 e. The molecule has 206 valence electrons. The van der Waals surface area contributed by atoms with Crippen molar-refractivity contribution in [3.63, 3.8) is 0 Å². The van der Waals surface area contributed by atoms with Crippen molar-refractivity contribution in [1.82, 2.24) is 25.0 Å². The van der Waals surface area contributed by atoms with Crippen LogP contribution in [0.3, 0.4) is 0 Å². The van der Waals surface area contributed by atoms with Crippen LogP contribution in [0.15, 0.2) is 48.8 Å². The first kappa shape index (κ1) is 25.8. The van der Waals surface area contributed by atoms with Gasteiger partial charge >= 0.3 is 0 Å². The average molecular weight is 545 g/mol. The molecule has 8 nitrogen and oxygen atoms in total. The Bertz CT molecular complexity index is 1750. The SMILES string of the molecule is Cn1ccc(-c2n[nH]cc2-c2cc3c(cc2C(F)F)N(c2cccc4c(O)c(O)c(C(C)(C)C)nc24)CCC3)n1. The van der Waals surface area contributed by atoms with Gasteiger partial charge in [0.25, 0.3) is 6.43 Å². The molecule has 1 aliphatic heterocycles. The van der Waals surface area contributed by atoms with Gasteiger partial charge in [-0.15, -0.1) is 0 Å². The summed E-state index contributed by atoms with van der Waals surface area (Å²) in [6, 6.07) is 10.5. The number of nitrogens with one attached hydrogen (secondary N) is 1. The summed E-state index contributed by atoms with van der Waals surface area (Å²) in [6.07, 6.45) is 2.21. The molecule has 0 radical (unpaired) electrons. The van der Waals surface area contributed by atoms with Crippen molar-refractivity contribution >= 4 is 22.3 Å². The Balaban J connectivity index is 1.54. The zero-order valence-corrected chi connectivity index (χ0v) is 22.7. The fourth-order valence-electron chi connectivity index (χ4n) is 5.53. The van der Waals surface area contributed by atoms with E-state index in [2.05, 4.69) is 15.3 Å². The maximum atomic E-state index is 14.6. The Kier molecular flexibility index (Phi) is 6.01. The van der Waals surface area contributed by atoms with Crippen molar-refractivity contribution in [1.29, 1.82) is 0 Å². The largest absolute Gasteiger partial charge is 0.504 e. The lowest BCUT2D eigenvalue weighted by molar-refractivity contribution is 0.152. The molecule has 0 aliphatic carbocycles. The molecule has 10 heteroatoms. The minimum Gasteiger partial charge on any atom is -0.504 e.